The van der Waals surface area contributed by atoms with Crippen molar-refractivity contribution in [2.24, 2.45) is 35.0 Å². The summed E-state index contributed by atoms with van der Waals surface area (Å²) < 4.78 is 5.99. The first-order chi connectivity index (χ1) is 17.0. The molecule has 1 saturated carbocycles. The molecule has 1 heterocycles. The second kappa shape index (κ2) is 11.9. The Bertz CT molecular complexity index is 932. The zero-order chi connectivity index (χ0) is 26.6. The van der Waals surface area contributed by atoms with Crippen LogP contribution in [0, 0.1) is 35.0 Å². The molecule has 0 aromatic heterocycles. The van der Waals surface area contributed by atoms with E-state index in [0.717, 1.165) is 5.57 Å². The first-order valence-corrected chi connectivity index (χ1v) is 13.2. The zero-order valence-electron chi connectivity index (χ0n) is 21.8. The number of hydrogen-bond acceptors (Lipinski definition) is 6. The minimum absolute atomic E-state index is 0.0189. The maximum atomic E-state index is 13.8. The molecular formula is C29H42O7. The van der Waals surface area contributed by atoms with Gasteiger partial charge in [-0.15, -0.1) is 0 Å². The number of aliphatic carboxylic acids is 1. The van der Waals surface area contributed by atoms with Gasteiger partial charge in [0.25, 0.3) is 0 Å². The second-order valence-corrected chi connectivity index (χ2v) is 11.1. The maximum absolute atomic E-state index is 13.8. The molecule has 0 aromatic rings. The highest BCUT2D eigenvalue weighted by Gasteiger charge is 2.56. The van der Waals surface area contributed by atoms with Gasteiger partial charge in [0.2, 0.25) is 0 Å². The molecule has 200 valence electrons. The third kappa shape index (κ3) is 5.68. The smallest absolute Gasteiger partial charge is 0.333 e. The highest BCUT2D eigenvalue weighted by atomic mass is 16.5. The van der Waals surface area contributed by atoms with Crippen LogP contribution < -0.4 is 0 Å². The zero-order valence-corrected chi connectivity index (χ0v) is 21.8. The molecule has 36 heavy (non-hydrogen) atoms. The van der Waals surface area contributed by atoms with Crippen molar-refractivity contribution in [2.45, 2.75) is 78.1 Å². The third-order valence-corrected chi connectivity index (χ3v) is 8.61. The van der Waals surface area contributed by atoms with Gasteiger partial charge in [0, 0.05) is 30.3 Å². The maximum Gasteiger partial charge on any atom is 0.333 e. The number of ether oxygens (including phenoxy) is 1. The SMILES string of the molecule is CC1=C[C@H]2[C@H](O)[C@@H](CO)CC[C@@H]2[C@@]2(C)C(=O)O[C@H](C)CCC/C=C(\C(=O)O)[C@H](O)[C@@H](C)/C=C/C=C/[C@@H]12. The van der Waals surface area contributed by atoms with Crippen LogP contribution in [0.5, 0.6) is 0 Å². The molecule has 1 fully saturated rings. The van der Waals surface area contributed by atoms with Crippen LogP contribution in [0.4, 0.5) is 0 Å². The summed E-state index contributed by atoms with van der Waals surface area (Å²) in [5.41, 5.74) is 0.0627. The Morgan fingerprint density at radius 3 is 2.50 bits per heavy atom. The van der Waals surface area contributed by atoms with Gasteiger partial charge in [-0.25, -0.2) is 4.79 Å². The molecule has 0 amide bonds. The van der Waals surface area contributed by atoms with E-state index in [-0.39, 0.29) is 47.9 Å². The number of cyclic esters (lactones) is 1. The number of aliphatic hydroxyl groups excluding tert-OH is 3. The van der Waals surface area contributed by atoms with E-state index in [1.807, 2.05) is 32.9 Å². The van der Waals surface area contributed by atoms with Gasteiger partial charge in [0.05, 0.1) is 29.3 Å². The van der Waals surface area contributed by atoms with Crippen molar-refractivity contribution in [1.82, 2.24) is 0 Å². The molecule has 9 atom stereocenters. The van der Waals surface area contributed by atoms with Crippen molar-refractivity contribution in [2.75, 3.05) is 6.61 Å². The summed E-state index contributed by atoms with van der Waals surface area (Å²) >= 11 is 0. The lowest BCUT2D eigenvalue weighted by molar-refractivity contribution is -0.172. The Morgan fingerprint density at radius 2 is 1.83 bits per heavy atom. The fourth-order valence-electron chi connectivity index (χ4n) is 6.33. The average molecular weight is 503 g/mol. The average Bonchev–Trinajstić information content (AvgIpc) is 2.82. The van der Waals surface area contributed by atoms with Gasteiger partial charge in [0.1, 0.15) is 0 Å². The van der Waals surface area contributed by atoms with Crippen LogP contribution in [-0.2, 0) is 14.3 Å². The number of esters is 1. The highest BCUT2D eigenvalue weighted by Crippen LogP contribution is 2.55. The van der Waals surface area contributed by atoms with E-state index in [1.54, 1.807) is 25.2 Å². The van der Waals surface area contributed by atoms with Crippen molar-refractivity contribution in [3.63, 3.8) is 0 Å². The Morgan fingerprint density at radius 1 is 1.14 bits per heavy atom. The van der Waals surface area contributed by atoms with Crippen molar-refractivity contribution < 1.29 is 34.8 Å². The third-order valence-electron chi connectivity index (χ3n) is 8.61. The first-order valence-electron chi connectivity index (χ1n) is 13.2. The summed E-state index contributed by atoms with van der Waals surface area (Å²) in [6.45, 7) is 7.45. The molecule has 3 rings (SSSR count). The summed E-state index contributed by atoms with van der Waals surface area (Å²) in [4.78, 5) is 25.5. The van der Waals surface area contributed by atoms with E-state index < -0.39 is 29.5 Å². The molecule has 0 spiro atoms. The second-order valence-electron chi connectivity index (χ2n) is 11.1. The van der Waals surface area contributed by atoms with E-state index in [4.69, 9.17) is 4.74 Å². The predicted octanol–water partition coefficient (Wildman–Crippen LogP) is 3.80. The van der Waals surface area contributed by atoms with Gasteiger partial charge in [-0.3, -0.25) is 4.79 Å². The fraction of sp³-hybridized carbons (Fsp3) is 0.655. The van der Waals surface area contributed by atoms with Crippen LogP contribution in [0.2, 0.25) is 0 Å². The van der Waals surface area contributed by atoms with Gasteiger partial charge < -0.3 is 25.2 Å². The molecule has 2 aliphatic carbocycles. The number of aliphatic hydroxyl groups is 3. The van der Waals surface area contributed by atoms with Crippen molar-refractivity contribution >= 4 is 11.9 Å². The van der Waals surface area contributed by atoms with Gasteiger partial charge in [-0.05, 0) is 58.8 Å². The Balaban J connectivity index is 2.01. The molecule has 3 aliphatic rings. The number of allylic oxidation sites excluding steroid dienone is 5. The molecule has 0 aromatic carbocycles. The van der Waals surface area contributed by atoms with Gasteiger partial charge in [-0.2, -0.15) is 0 Å². The predicted molar refractivity (Wildman–Crippen MR) is 137 cm³/mol. The monoisotopic (exact) mass is 502 g/mol. The number of carboxylic acid groups (broad SMARTS) is 1. The van der Waals surface area contributed by atoms with Crippen molar-refractivity contribution in [3.05, 3.63) is 47.6 Å². The standard InChI is InChI=1S/C29H42O7/c1-17-9-5-8-12-23-18(2)15-22-24(14-13-20(16-30)26(22)32)29(23,4)28(35)36-19(3)10-6-7-11-21(25(17)31)27(33)34/h5,8-9,11-12,15,17,19-20,22-26,30-32H,6-7,10,13-14,16H2,1-4H3,(H,33,34)/b9-5+,12-8+,21-11-/t17-,19+,20+,22+,23-,24-,25+,26+,29-/m0/s1. The van der Waals surface area contributed by atoms with Crippen LogP contribution >= 0.6 is 0 Å². The van der Waals surface area contributed by atoms with Crippen LogP contribution in [0.3, 0.4) is 0 Å². The number of hydrogen-bond donors (Lipinski definition) is 4. The van der Waals surface area contributed by atoms with Gasteiger partial charge >= 0.3 is 11.9 Å². The van der Waals surface area contributed by atoms with E-state index in [0.29, 0.717) is 32.1 Å². The van der Waals surface area contributed by atoms with Gasteiger partial charge in [0.15, 0.2) is 0 Å². The van der Waals surface area contributed by atoms with E-state index in [9.17, 15) is 30.0 Å². The molecule has 0 radical (unpaired) electrons. The lowest BCUT2D eigenvalue weighted by Crippen LogP contribution is -2.55. The molecule has 7 nitrogen and oxygen atoms in total. The van der Waals surface area contributed by atoms with Crippen LogP contribution in [-0.4, -0.2) is 57.3 Å². The highest BCUT2D eigenvalue weighted by molar-refractivity contribution is 5.87. The van der Waals surface area contributed by atoms with Crippen molar-refractivity contribution in [3.8, 4) is 0 Å². The van der Waals surface area contributed by atoms with Crippen molar-refractivity contribution in [1.29, 1.82) is 0 Å². The number of rotatable bonds is 2. The molecule has 1 aliphatic heterocycles. The fourth-order valence-corrected chi connectivity index (χ4v) is 6.33. The largest absolute Gasteiger partial charge is 0.478 e. The molecule has 0 bridgehead atoms. The molecule has 4 N–H and O–H groups in total. The summed E-state index contributed by atoms with van der Waals surface area (Å²) in [6.07, 6.45) is 11.8. The number of carbonyl (C=O) groups is 2. The first kappa shape index (κ1) is 28.4. The van der Waals surface area contributed by atoms with E-state index in [1.165, 1.54) is 0 Å². The lowest BCUT2D eigenvalue weighted by Gasteiger charge is -2.52. The van der Waals surface area contributed by atoms with Crippen LogP contribution in [0.1, 0.15) is 59.8 Å². The number of carbonyl (C=O) groups excluding carboxylic acids is 1. The van der Waals surface area contributed by atoms with Crippen LogP contribution in [0.25, 0.3) is 0 Å². The Labute approximate surface area is 214 Å². The van der Waals surface area contributed by atoms with E-state index in [2.05, 4.69) is 6.08 Å². The molecule has 0 saturated heterocycles. The normalized spacial score (nSPS) is 43.6. The minimum atomic E-state index is -1.13. The van der Waals surface area contributed by atoms with Gasteiger partial charge in [-0.1, -0.05) is 49.0 Å². The Kier molecular flexibility index (Phi) is 9.36. The summed E-state index contributed by atoms with van der Waals surface area (Å²) in [5, 5.41) is 40.9. The quantitative estimate of drug-likeness (QED) is 0.334. The minimum Gasteiger partial charge on any atom is -0.478 e. The van der Waals surface area contributed by atoms with Crippen LogP contribution in [0.15, 0.2) is 47.6 Å². The summed E-state index contributed by atoms with van der Waals surface area (Å²) in [5.74, 6) is -2.64. The van der Waals surface area contributed by atoms with E-state index >= 15 is 0 Å². The molecule has 0 unspecified atom stereocenters. The lowest BCUT2D eigenvalue weighted by atomic mass is 9.52. The Hall–Kier alpha value is -2.22. The number of carboxylic acids is 1. The molecular weight excluding hydrogens is 460 g/mol. The molecule has 7 heteroatoms. The summed E-state index contributed by atoms with van der Waals surface area (Å²) in [7, 11) is 0. The summed E-state index contributed by atoms with van der Waals surface area (Å²) in [6, 6.07) is 0. The number of fused-ring (bicyclic) bond motifs is 3. The topological polar surface area (TPSA) is 124 Å².